The first-order chi connectivity index (χ1) is 14.6. The number of hydrogen-bond donors (Lipinski definition) is 1. The van der Waals surface area contributed by atoms with Gasteiger partial charge in [0.15, 0.2) is 0 Å². The van der Waals surface area contributed by atoms with Crippen LogP contribution in [-0.4, -0.2) is 15.5 Å². The molecule has 1 atom stereocenters. The van der Waals surface area contributed by atoms with Crippen LogP contribution < -0.4 is 5.32 Å². The molecule has 0 bridgehead atoms. The number of benzene rings is 3. The number of nitrogens with one attached hydrogen (secondary N) is 1. The average molecular weight is 396 g/mol. The van der Waals surface area contributed by atoms with E-state index in [2.05, 4.69) is 46.1 Å². The van der Waals surface area contributed by atoms with Crippen molar-refractivity contribution < 1.29 is 4.79 Å². The van der Waals surface area contributed by atoms with Gasteiger partial charge in [-0.05, 0) is 42.7 Å². The normalized spacial score (nSPS) is 11.8. The molecule has 150 valence electrons. The SMILES string of the molecule is Cc1ccc(C(NC(=O)c2ccc(Cn3ccnc3C)cc2)c2ccccc2)cc1. The minimum atomic E-state index is -0.201. The Kier molecular flexibility index (Phi) is 5.75. The zero-order valence-electron chi connectivity index (χ0n) is 17.2. The predicted octanol–water partition coefficient (Wildman–Crippen LogP) is 5.07. The van der Waals surface area contributed by atoms with Gasteiger partial charge in [-0.1, -0.05) is 72.3 Å². The first kappa shape index (κ1) is 19.6. The molecule has 4 nitrogen and oxygen atoms in total. The molecule has 1 aromatic heterocycles. The van der Waals surface area contributed by atoms with Crippen LogP contribution in [0.5, 0.6) is 0 Å². The summed E-state index contributed by atoms with van der Waals surface area (Å²) in [5, 5.41) is 3.21. The summed E-state index contributed by atoms with van der Waals surface area (Å²) in [5.74, 6) is 0.885. The largest absolute Gasteiger partial charge is 0.341 e. The molecule has 0 aliphatic carbocycles. The highest BCUT2D eigenvalue weighted by atomic mass is 16.1. The van der Waals surface area contributed by atoms with Gasteiger partial charge in [-0.2, -0.15) is 0 Å². The summed E-state index contributed by atoms with van der Waals surface area (Å²) in [7, 11) is 0. The van der Waals surface area contributed by atoms with Crippen LogP contribution in [0.2, 0.25) is 0 Å². The molecule has 0 fully saturated rings. The number of carbonyl (C=O) groups excluding carboxylic acids is 1. The fraction of sp³-hybridized carbons (Fsp3) is 0.154. The summed E-state index contributed by atoms with van der Waals surface area (Å²) in [5.41, 5.74) is 5.09. The van der Waals surface area contributed by atoms with Gasteiger partial charge in [0.05, 0.1) is 6.04 Å². The van der Waals surface area contributed by atoms with E-state index < -0.39 is 0 Å². The fourth-order valence-electron chi connectivity index (χ4n) is 3.51. The van der Waals surface area contributed by atoms with Crippen molar-refractivity contribution in [1.29, 1.82) is 0 Å². The molecule has 0 spiro atoms. The van der Waals surface area contributed by atoms with E-state index in [0.717, 1.165) is 29.1 Å². The Morgan fingerprint density at radius 1 is 0.900 bits per heavy atom. The third-order valence-corrected chi connectivity index (χ3v) is 5.31. The minimum absolute atomic E-state index is 0.0882. The molecule has 0 saturated carbocycles. The molecule has 0 aliphatic heterocycles. The molecule has 0 saturated heterocycles. The first-order valence-corrected chi connectivity index (χ1v) is 10.1. The second kappa shape index (κ2) is 8.78. The molecule has 0 radical (unpaired) electrons. The molecule has 1 unspecified atom stereocenters. The standard InChI is InChI=1S/C26H25N3O/c1-19-8-12-23(13-9-19)25(22-6-4-3-5-7-22)28-26(30)24-14-10-21(11-15-24)18-29-17-16-27-20(29)2/h3-17,25H,18H2,1-2H3,(H,28,30). The molecule has 1 amide bonds. The fourth-order valence-corrected chi connectivity index (χ4v) is 3.51. The number of aryl methyl sites for hydroxylation is 2. The molecule has 0 aliphatic rings. The van der Waals surface area contributed by atoms with Gasteiger partial charge in [-0.25, -0.2) is 4.98 Å². The molecule has 4 heteroatoms. The van der Waals surface area contributed by atoms with E-state index >= 15 is 0 Å². The van der Waals surface area contributed by atoms with Crippen LogP contribution in [0.15, 0.2) is 91.3 Å². The number of rotatable bonds is 6. The lowest BCUT2D eigenvalue weighted by Gasteiger charge is -2.20. The Balaban J connectivity index is 1.53. The van der Waals surface area contributed by atoms with Gasteiger partial charge in [0.1, 0.15) is 5.82 Å². The highest BCUT2D eigenvalue weighted by Crippen LogP contribution is 2.23. The van der Waals surface area contributed by atoms with Crippen molar-refractivity contribution in [2.24, 2.45) is 0 Å². The molecule has 4 aromatic rings. The Hall–Kier alpha value is -3.66. The van der Waals surface area contributed by atoms with Gasteiger partial charge in [-0.3, -0.25) is 4.79 Å². The lowest BCUT2D eigenvalue weighted by atomic mass is 9.97. The van der Waals surface area contributed by atoms with Crippen molar-refractivity contribution in [3.8, 4) is 0 Å². The monoisotopic (exact) mass is 395 g/mol. The number of hydrogen-bond acceptors (Lipinski definition) is 2. The third-order valence-electron chi connectivity index (χ3n) is 5.31. The summed E-state index contributed by atoms with van der Waals surface area (Å²) < 4.78 is 2.08. The van der Waals surface area contributed by atoms with Gasteiger partial charge < -0.3 is 9.88 Å². The maximum atomic E-state index is 13.0. The zero-order chi connectivity index (χ0) is 20.9. The summed E-state index contributed by atoms with van der Waals surface area (Å²) in [6.45, 7) is 4.78. The number of imidazole rings is 1. The summed E-state index contributed by atoms with van der Waals surface area (Å²) in [6.07, 6.45) is 3.76. The molecular weight excluding hydrogens is 370 g/mol. The Morgan fingerprint density at radius 2 is 1.57 bits per heavy atom. The maximum Gasteiger partial charge on any atom is 0.252 e. The molecule has 3 aromatic carbocycles. The van der Waals surface area contributed by atoms with Gasteiger partial charge in [0.25, 0.3) is 5.91 Å². The van der Waals surface area contributed by atoms with Crippen molar-refractivity contribution >= 4 is 5.91 Å². The average Bonchev–Trinajstić information content (AvgIpc) is 3.18. The summed E-state index contributed by atoms with van der Waals surface area (Å²) in [6, 6.07) is 25.9. The lowest BCUT2D eigenvalue weighted by molar-refractivity contribution is 0.0943. The van der Waals surface area contributed by atoms with E-state index in [0.29, 0.717) is 5.56 Å². The number of aromatic nitrogens is 2. The van der Waals surface area contributed by atoms with Gasteiger partial charge in [0.2, 0.25) is 0 Å². The van der Waals surface area contributed by atoms with Crippen molar-refractivity contribution in [2.45, 2.75) is 26.4 Å². The summed E-state index contributed by atoms with van der Waals surface area (Å²) >= 11 is 0. The van der Waals surface area contributed by atoms with Gasteiger partial charge >= 0.3 is 0 Å². The van der Waals surface area contributed by atoms with E-state index in [1.54, 1.807) is 6.20 Å². The smallest absolute Gasteiger partial charge is 0.252 e. The number of carbonyl (C=O) groups is 1. The van der Waals surface area contributed by atoms with Crippen LogP contribution in [0.3, 0.4) is 0 Å². The number of nitrogens with zero attached hydrogens (tertiary/aromatic N) is 2. The Labute approximate surface area is 177 Å². The zero-order valence-corrected chi connectivity index (χ0v) is 17.2. The predicted molar refractivity (Wildman–Crippen MR) is 119 cm³/mol. The quantitative estimate of drug-likeness (QED) is 0.496. The van der Waals surface area contributed by atoms with E-state index in [9.17, 15) is 4.79 Å². The minimum Gasteiger partial charge on any atom is -0.341 e. The molecule has 30 heavy (non-hydrogen) atoms. The van der Waals surface area contributed by atoms with Crippen molar-refractivity contribution in [3.05, 3.63) is 125 Å². The number of amides is 1. The van der Waals surface area contributed by atoms with Crippen molar-refractivity contribution in [1.82, 2.24) is 14.9 Å². The first-order valence-electron chi connectivity index (χ1n) is 10.1. The van der Waals surface area contributed by atoms with Crippen LogP contribution in [0.1, 0.15) is 44.5 Å². The molecular formula is C26H25N3O. The Morgan fingerprint density at radius 3 is 2.20 bits per heavy atom. The van der Waals surface area contributed by atoms with E-state index in [-0.39, 0.29) is 11.9 Å². The molecule has 1 heterocycles. The molecule has 4 rings (SSSR count). The topological polar surface area (TPSA) is 46.9 Å². The molecule has 1 N–H and O–H groups in total. The van der Waals surface area contributed by atoms with Crippen LogP contribution in [0.4, 0.5) is 0 Å². The second-order valence-corrected chi connectivity index (χ2v) is 7.53. The third kappa shape index (κ3) is 4.49. The van der Waals surface area contributed by atoms with Crippen molar-refractivity contribution in [3.63, 3.8) is 0 Å². The van der Waals surface area contributed by atoms with Crippen LogP contribution in [0.25, 0.3) is 0 Å². The van der Waals surface area contributed by atoms with E-state index in [4.69, 9.17) is 0 Å². The highest BCUT2D eigenvalue weighted by Gasteiger charge is 2.17. The van der Waals surface area contributed by atoms with Crippen LogP contribution >= 0.6 is 0 Å². The van der Waals surface area contributed by atoms with E-state index in [1.807, 2.05) is 67.7 Å². The maximum absolute atomic E-state index is 13.0. The van der Waals surface area contributed by atoms with E-state index in [1.165, 1.54) is 5.56 Å². The van der Waals surface area contributed by atoms with Crippen molar-refractivity contribution in [2.75, 3.05) is 0 Å². The Bertz CT molecular complexity index is 1110. The van der Waals surface area contributed by atoms with Gasteiger partial charge in [-0.15, -0.1) is 0 Å². The lowest BCUT2D eigenvalue weighted by Crippen LogP contribution is -2.29. The second-order valence-electron chi connectivity index (χ2n) is 7.53. The highest BCUT2D eigenvalue weighted by molar-refractivity contribution is 5.94. The van der Waals surface area contributed by atoms with Crippen LogP contribution in [-0.2, 0) is 6.54 Å². The van der Waals surface area contributed by atoms with Crippen LogP contribution in [0, 0.1) is 13.8 Å². The van der Waals surface area contributed by atoms with Gasteiger partial charge in [0, 0.05) is 24.5 Å². The summed E-state index contributed by atoms with van der Waals surface area (Å²) in [4.78, 5) is 17.3.